The van der Waals surface area contributed by atoms with Crippen molar-refractivity contribution in [3.8, 4) is 34.0 Å². The summed E-state index contributed by atoms with van der Waals surface area (Å²) in [6.07, 6.45) is -1.16. The average Bonchev–Trinajstić information content (AvgIpc) is 3.26. The smallest absolute Gasteiger partial charge is 0.309 e. The highest BCUT2D eigenvalue weighted by atomic mass is 19.4. The van der Waals surface area contributed by atoms with Crippen LogP contribution in [-0.2, 0) is 6.18 Å². The Hall–Kier alpha value is -4.89. The van der Waals surface area contributed by atoms with Crippen LogP contribution in [0.15, 0.2) is 109 Å². The predicted molar refractivity (Wildman–Crippen MR) is 139 cm³/mol. The van der Waals surface area contributed by atoms with Crippen molar-refractivity contribution in [1.29, 1.82) is 5.26 Å². The van der Waals surface area contributed by atoms with Crippen molar-refractivity contribution >= 4 is 21.8 Å². The van der Waals surface area contributed by atoms with Crippen molar-refractivity contribution in [2.24, 2.45) is 0 Å². The second-order valence-corrected chi connectivity index (χ2v) is 8.71. The van der Waals surface area contributed by atoms with E-state index in [2.05, 4.69) is 11.1 Å². The van der Waals surface area contributed by atoms with E-state index in [9.17, 15) is 18.4 Å². The van der Waals surface area contributed by atoms with Crippen LogP contribution in [0.4, 0.5) is 13.2 Å². The van der Waals surface area contributed by atoms with Gasteiger partial charge in [-0.05, 0) is 53.6 Å². The fraction of sp³-hybridized carbons (Fsp3) is 0.0323. The molecule has 2 heterocycles. The fourth-order valence-electron chi connectivity index (χ4n) is 4.89. The standard InChI is InChI=1S/C31H18F3N3/c32-31(33,34)23-10-11-25-24-8-4-5-9-28(24)37(30(25)17-23)29-16-22(19-35)26(21-12-14-36-15-13-21)18-27(29)20-6-2-1-3-7-20/h1-18H. The summed E-state index contributed by atoms with van der Waals surface area (Å²) < 4.78 is 43.1. The van der Waals surface area contributed by atoms with Gasteiger partial charge in [0, 0.05) is 34.3 Å². The number of para-hydroxylation sites is 1. The minimum Gasteiger partial charge on any atom is -0.309 e. The first-order chi connectivity index (χ1) is 18.0. The minimum atomic E-state index is -4.49. The molecule has 2 aromatic heterocycles. The first kappa shape index (κ1) is 22.6. The molecule has 0 aliphatic heterocycles. The summed E-state index contributed by atoms with van der Waals surface area (Å²) >= 11 is 0. The lowest BCUT2D eigenvalue weighted by Gasteiger charge is -2.18. The van der Waals surface area contributed by atoms with Gasteiger partial charge in [0.25, 0.3) is 0 Å². The molecular weight excluding hydrogens is 471 g/mol. The van der Waals surface area contributed by atoms with E-state index in [1.54, 1.807) is 18.5 Å². The molecule has 0 saturated carbocycles. The van der Waals surface area contributed by atoms with Crippen LogP contribution in [0.1, 0.15) is 11.1 Å². The number of aromatic nitrogens is 2. The summed E-state index contributed by atoms with van der Waals surface area (Å²) in [6, 6.07) is 30.7. The molecule has 6 rings (SSSR count). The highest BCUT2D eigenvalue weighted by molar-refractivity contribution is 6.10. The molecule has 0 radical (unpaired) electrons. The van der Waals surface area contributed by atoms with E-state index in [1.165, 1.54) is 12.1 Å². The zero-order chi connectivity index (χ0) is 25.6. The van der Waals surface area contributed by atoms with Crippen LogP contribution in [-0.4, -0.2) is 9.55 Å². The molecule has 0 atom stereocenters. The molecule has 0 fully saturated rings. The number of benzene rings is 4. The van der Waals surface area contributed by atoms with Gasteiger partial charge in [0.1, 0.15) is 0 Å². The Bertz CT molecular complexity index is 1810. The lowest BCUT2D eigenvalue weighted by Crippen LogP contribution is -2.05. The highest BCUT2D eigenvalue weighted by Crippen LogP contribution is 2.41. The van der Waals surface area contributed by atoms with Crippen molar-refractivity contribution in [3.63, 3.8) is 0 Å². The summed E-state index contributed by atoms with van der Waals surface area (Å²) in [7, 11) is 0. The van der Waals surface area contributed by atoms with Crippen molar-refractivity contribution < 1.29 is 13.2 Å². The molecular formula is C31H18F3N3. The van der Waals surface area contributed by atoms with Gasteiger partial charge in [-0.1, -0.05) is 54.6 Å². The maximum Gasteiger partial charge on any atom is 0.416 e. The van der Waals surface area contributed by atoms with Crippen LogP contribution >= 0.6 is 0 Å². The molecule has 3 nitrogen and oxygen atoms in total. The second-order valence-electron chi connectivity index (χ2n) is 8.71. The Kier molecular flexibility index (Phi) is 5.27. The molecule has 0 unspecified atom stereocenters. The van der Waals surface area contributed by atoms with Gasteiger partial charge in [-0.2, -0.15) is 18.4 Å². The van der Waals surface area contributed by atoms with E-state index >= 15 is 0 Å². The Balaban J connectivity index is 1.76. The Morgan fingerprint density at radius 1 is 0.676 bits per heavy atom. The van der Waals surface area contributed by atoms with Crippen LogP contribution < -0.4 is 0 Å². The van der Waals surface area contributed by atoms with E-state index < -0.39 is 11.7 Å². The molecule has 0 bridgehead atoms. The number of alkyl halides is 3. The molecule has 178 valence electrons. The lowest BCUT2D eigenvalue weighted by molar-refractivity contribution is -0.137. The molecule has 0 saturated heterocycles. The van der Waals surface area contributed by atoms with Gasteiger partial charge < -0.3 is 4.57 Å². The number of hydrogen-bond acceptors (Lipinski definition) is 2. The van der Waals surface area contributed by atoms with E-state index in [1.807, 2.05) is 77.4 Å². The van der Waals surface area contributed by atoms with Crippen LogP contribution in [0.3, 0.4) is 0 Å². The molecule has 0 aliphatic rings. The van der Waals surface area contributed by atoms with Gasteiger partial charge in [0.15, 0.2) is 0 Å². The first-order valence-corrected chi connectivity index (χ1v) is 11.6. The highest BCUT2D eigenvalue weighted by Gasteiger charge is 2.31. The van der Waals surface area contributed by atoms with Crippen LogP contribution in [0.25, 0.3) is 49.7 Å². The van der Waals surface area contributed by atoms with Gasteiger partial charge in [-0.25, -0.2) is 0 Å². The molecule has 0 spiro atoms. The van der Waals surface area contributed by atoms with E-state index in [0.717, 1.165) is 39.2 Å². The third-order valence-corrected chi connectivity index (χ3v) is 6.57. The third-order valence-electron chi connectivity index (χ3n) is 6.57. The number of pyridine rings is 1. The van der Waals surface area contributed by atoms with Crippen molar-refractivity contribution in [1.82, 2.24) is 9.55 Å². The topological polar surface area (TPSA) is 41.6 Å². The molecule has 6 heteroatoms. The van der Waals surface area contributed by atoms with Gasteiger partial charge in [-0.15, -0.1) is 0 Å². The number of fused-ring (bicyclic) bond motifs is 3. The SMILES string of the molecule is N#Cc1cc(-n2c3ccccc3c3ccc(C(F)(F)F)cc32)c(-c2ccccc2)cc1-c1ccncc1. The second kappa shape index (κ2) is 8.65. The van der Waals surface area contributed by atoms with Crippen LogP contribution in [0, 0.1) is 11.3 Å². The third kappa shape index (κ3) is 3.82. The van der Waals surface area contributed by atoms with Crippen molar-refractivity contribution in [2.75, 3.05) is 0 Å². The Morgan fingerprint density at radius 2 is 1.35 bits per heavy atom. The zero-order valence-corrected chi connectivity index (χ0v) is 19.4. The molecule has 0 aliphatic carbocycles. The summed E-state index contributed by atoms with van der Waals surface area (Å²) in [6.45, 7) is 0. The summed E-state index contributed by atoms with van der Waals surface area (Å²) in [5.41, 5.74) is 4.75. The molecule has 37 heavy (non-hydrogen) atoms. The van der Waals surface area contributed by atoms with Crippen LogP contribution in [0.2, 0.25) is 0 Å². The van der Waals surface area contributed by atoms with E-state index in [-0.39, 0.29) is 0 Å². The minimum absolute atomic E-state index is 0.416. The Labute approximate surface area is 210 Å². The largest absolute Gasteiger partial charge is 0.416 e. The normalized spacial score (nSPS) is 11.6. The number of halogens is 3. The lowest BCUT2D eigenvalue weighted by atomic mass is 9.93. The maximum atomic E-state index is 13.8. The van der Waals surface area contributed by atoms with E-state index in [0.29, 0.717) is 22.2 Å². The Morgan fingerprint density at radius 3 is 2.08 bits per heavy atom. The molecule has 0 N–H and O–H groups in total. The molecule has 6 aromatic rings. The van der Waals surface area contributed by atoms with Gasteiger partial charge in [0.2, 0.25) is 0 Å². The predicted octanol–water partition coefficient (Wildman–Crippen LogP) is 8.40. The van der Waals surface area contributed by atoms with Crippen molar-refractivity contribution in [2.45, 2.75) is 6.18 Å². The number of nitriles is 1. The van der Waals surface area contributed by atoms with Crippen LogP contribution in [0.5, 0.6) is 0 Å². The van der Waals surface area contributed by atoms with Gasteiger partial charge in [0.05, 0.1) is 33.9 Å². The summed E-state index contributed by atoms with van der Waals surface area (Å²) in [5, 5.41) is 11.7. The van der Waals surface area contributed by atoms with Crippen molar-refractivity contribution in [3.05, 3.63) is 121 Å². The summed E-state index contributed by atoms with van der Waals surface area (Å²) in [5.74, 6) is 0. The zero-order valence-electron chi connectivity index (χ0n) is 19.4. The average molecular weight is 490 g/mol. The molecule has 0 amide bonds. The maximum absolute atomic E-state index is 13.8. The van der Waals surface area contributed by atoms with Gasteiger partial charge in [-0.3, -0.25) is 4.98 Å². The fourth-order valence-corrected chi connectivity index (χ4v) is 4.89. The first-order valence-electron chi connectivity index (χ1n) is 11.6. The van der Waals surface area contributed by atoms with Gasteiger partial charge >= 0.3 is 6.18 Å². The van der Waals surface area contributed by atoms with E-state index in [4.69, 9.17) is 0 Å². The number of hydrogen-bond donors (Lipinski definition) is 0. The monoisotopic (exact) mass is 489 g/mol. The quantitative estimate of drug-likeness (QED) is 0.250. The molecule has 4 aromatic carbocycles. The summed E-state index contributed by atoms with van der Waals surface area (Å²) in [4.78, 5) is 4.08. The number of rotatable bonds is 3. The number of nitrogens with zero attached hydrogens (tertiary/aromatic N) is 3.